The normalized spacial score (nSPS) is 10.8. The summed E-state index contributed by atoms with van der Waals surface area (Å²) in [5, 5.41) is 8.30. The number of benzene rings is 2. The van der Waals surface area contributed by atoms with Gasteiger partial charge >= 0.3 is 5.97 Å². The van der Waals surface area contributed by atoms with Crippen molar-refractivity contribution in [1.29, 1.82) is 0 Å². The summed E-state index contributed by atoms with van der Waals surface area (Å²) in [4.78, 5) is 23.6. The van der Waals surface area contributed by atoms with E-state index in [2.05, 4.69) is 15.6 Å². The summed E-state index contributed by atoms with van der Waals surface area (Å²) in [5.41, 5.74) is 6.39. The Bertz CT molecular complexity index is 1090. The third-order valence-corrected chi connectivity index (χ3v) is 4.48. The lowest BCUT2D eigenvalue weighted by Crippen LogP contribution is -2.24. The molecule has 2 aromatic carbocycles. The van der Waals surface area contributed by atoms with Crippen LogP contribution in [0.1, 0.15) is 32.9 Å². The molecule has 1 heterocycles. The van der Waals surface area contributed by atoms with E-state index < -0.39 is 0 Å². The highest BCUT2D eigenvalue weighted by molar-refractivity contribution is 5.89. The van der Waals surface area contributed by atoms with Crippen LogP contribution in [-0.2, 0) is 22.7 Å². The average Bonchev–Trinajstić information content (AvgIpc) is 3.09. The van der Waals surface area contributed by atoms with Crippen molar-refractivity contribution >= 4 is 18.1 Å². The highest BCUT2D eigenvalue weighted by Crippen LogP contribution is 2.18. The lowest BCUT2D eigenvalue weighted by molar-refractivity contribution is -0.121. The number of carbonyl (C=O) groups excluding carboxylic acids is 2. The Morgan fingerprint density at radius 2 is 1.87 bits per heavy atom. The third-order valence-electron chi connectivity index (χ3n) is 4.48. The van der Waals surface area contributed by atoms with E-state index in [1.165, 1.54) is 13.3 Å². The van der Waals surface area contributed by atoms with Crippen LogP contribution < -0.4 is 10.2 Å². The second-order valence-corrected chi connectivity index (χ2v) is 6.89. The number of hydrogen-bond donors (Lipinski definition) is 1. The summed E-state index contributed by atoms with van der Waals surface area (Å²) >= 11 is 0. The Labute approximate surface area is 180 Å². The molecule has 31 heavy (non-hydrogen) atoms. The molecule has 0 aliphatic carbocycles. The first-order chi connectivity index (χ1) is 15.0. The van der Waals surface area contributed by atoms with E-state index in [1.807, 2.05) is 56.3 Å². The highest BCUT2D eigenvalue weighted by atomic mass is 16.5. The third kappa shape index (κ3) is 6.02. The van der Waals surface area contributed by atoms with E-state index in [-0.39, 0.29) is 18.4 Å². The summed E-state index contributed by atoms with van der Waals surface area (Å²) in [6, 6.07) is 16.3. The lowest BCUT2D eigenvalue weighted by atomic mass is 10.1. The molecule has 0 aliphatic rings. The predicted molar refractivity (Wildman–Crippen MR) is 116 cm³/mol. The van der Waals surface area contributed by atoms with Crippen molar-refractivity contribution in [1.82, 2.24) is 15.2 Å². The summed E-state index contributed by atoms with van der Waals surface area (Å²) in [7, 11) is 1.35. The first kappa shape index (κ1) is 21.8. The molecule has 0 saturated heterocycles. The van der Waals surface area contributed by atoms with Crippen LogP contribution in [-0.4, -0.2) is 35.0 Å². The molecule has 1 amide bonds. The molecule has 0 spiro atoms. The molecule has 0 radical (unpaired) electrons. The van der Waals surface area contributed by atoms with Crippen molar-refractivity contribution in [2.45, 2.75) is 27.0 Å². The molecule has 0 atom stereocenters. The van der Waals surface area contributed by atoms with Crippen LogP contribution in [0.25, 0.3) is 0 Å². The van der Waals surface area contributed by atoms with Crippen molar-refractivity contribution in [2.75, 3.05) is 7.11 Å². The van der Waals surface area contributed by atoms with Gasteiger partial charge in [0.05, 0.1) is 24.6 Å². The number of aryl methyl sites for hydroxylation is 2. The maximum Gasteiger partial charge on any atom is 0.337 e. The number of carbonyl (C=O) groups is 2. The molecule has 1 aromatic heterocycles. The van der Waals surface area contributed by atoms with E-state index >= 15 is 0 Å². The van der Waals surface area contributed by atoms with Gasteiger partial charge in [-0.3, -0.25) is 9.48 Å². The monoisotopic (exact) mass is 420 g/mol. The first-order valence-corrected chi connectivity index (χ1v) is 9.68. The summed E-state index contributed by atoms with van der Waals surface area (Å²) in [6.45, 7) is 4.18. The van der Waals surface area contributed by atoms with Gasteiger partial charge in [-0.15, -0.1) is 0 Å². The van der Waals surface area contributed by atoms with Gasteiger partial charge in [-0.1, -0.05) is 24.3 Å². The first-order valence-electron chi connectivity index (χ1n) is 9.68. The van der Waals surface area contributed by atoms with Gasteiger partial charge in [-0.05, 0) is 49.7 Å². The number of esters is 1. The minimum absolute atomic E-state index is 0.0940. The zero-order chi connectivity index (χ0) is 22.2. The van der Waals surface area contributed by atoms with E-state index in [4.69, 9.17) is 9.47 Å². The standard InChI is InChI=1S/C23H24N4O4/c1-16-12-17(2)27(26-16)14-22(28)25-24-13-20-6-4-5-7-21(20)31-15-18-8-10-19(11-9-18)23(29)30-3/h4-13H,14-15H2,1-3H3,(H,25,28)/b24-13-. The number of nitrogens with zero attached hydrogens (tertiary/aromatic N) is 3. The van der Waals surface area contributed by atoms with Gasteiger partial charge in [-0.25, -0.2) is 10.2 Å². The van der Waals surface area contributed by atoms with Crippen LogP contribution >= 0.6 is 0 Å². The van der Waals surface area contributed by atoms with E-state index in [0.29, 0.717) is 17.9 Å². The second kappa shape index (κ2) is 10.2. The van der Waals surface area contributed by atoms with Gasteiger partial charge in [0.15, 0.2) is 0 Å². The molecule has 8 heteroatoms. The number of nitrogens with one attached hydrogen (secondary N) is 1. The molecule has 1 N–H and O–H groups in total. The summed E-state index contributed by atoms with van der Waals surface area (Å²) in [6.07, 6.45) is 1.54. The average molecular weight is 420 g/mol. The van der Waals surface area contributed by atoms with Gasteiger partial charge in [-0.2, -0.15) is 10.2 Å². The van der Waals surface area contributed by atoms with Crippen molar-refractivity contribution in [2.24, 2.45) is 5.10 Å². The van der Waals surface area contributed by atoms with Crippen molar-refractivity contribution < 1.29 is 19.1 Å². The van der Waals surface area contributed by atoms with E-state index in [0.717, 1.165) is 22.5 Å². The lowest BCUT2D eigenvalue weighted by Gasteiger charge is -2.09. The zero-order valence-corrected chi connectivity index (χ0v) is 17.7. The van der Waals surface area contributed by atoms with E-state index in [1.54, 1.807) is 16.8 Å². The molecule has 0 fully saturated rings. The van der Waals surface area contributed by atoms with Crippen LogP contribution in [0, 0.1) is 13.8 Å². The number of para-hydroxylation sites is 1. The van der Waals surface area contributed by atoms with Crippen LogP contribution in [0.4, 0.5) is 0 Å². The molecule has 160 valence electrons. The number of amides is 1. The topological polar surface area (TPSA) is 94.8 Å². The van der Waals surface area contributed by atoms with Gasteiger partial charge in [0.2, 0.25) is 0 Å². The molecule has 8 nitrogen and oxygen atoms in total. The minimum atomic E-state index is -0.381. The number of aromatic nitrogens is 2. The molecule has 0 bridgehead atoms. The Kier molecular flexibility index (Phi) is 7.16. The molecule has 0 unspecified atom stereocenters. The SMILES string of the molecule is COC(=O)c1ccc(COc2ccccc2/C=N\NC(=O)Cn2nc(C)cc2C)cc1. The molecular formula is C23H24N4O4. The second-order valence-electron chi connectivity index (χ2n) is 6.89. The van der Waals surface area contributed by atoms with Crippen LogP contribution in [0.2, 0.25) is 0 Å². The highest BCUT2D eigenvalue weighted by Gasteiger charge is 2.07. The Balaban J connectivity index is 1.57. The quantitative estimate of drug-likeness (QED) is 0.343. The largest absolute Gasteiger partial charge is 0.488 e. The maximum absolute atomic E-state index is 12.1. The fourth-order valence-corrected chi connectivity index (χ4v) is 2.91. The zero-order valence-electron chi connectivity index (χ0n) is 17.7. The molecule has 3 rings (SSSR count). The van der Waals surface area contributed by atoms with Crippen molar-refractivity contribution in [3.63, 3.8) is 0 Å². The smallest absolute Gasteiger partial charge is 0.337 e. The predicted octanol–water partition coefficient (Wildman–Crippen LogP) is 3.02. The van der Waals surface area contributed by atoms with Crippen molar-refractivity contribution in [3.8, 4) is 5.75 Å². The summed E-state index contributed by atoms with van der Waals surface area (Å²) in [5.74, 6) is -0.0310. The van der Waals surface area contributed by atoms with Gasteiger partial charge in [0.25, 0.3) is 5.91 Å². The number of hydrazone groups is 1. The van der Waals surface area contributed by atoms with Crippen LogP contribution in [0.5, 0.6) is 5.75 Å². The Hall–Kier alpha value is -3.94. The fraction of sp³-hybridized carbons (Fsp3) is 0.217. The minimum Gasteiger partial charge on any atom is -0.488 e. The Morgan fingerprint density at radius 1 is 1.13 bits per heavy atom. The molecular weight excluding hydrogens is 396 g/mol. The number of ether oxygens (including phenoxy) is 2. The van der Waals surface area contributed by atoms with Gasteiger partial charge < -0.3 is 9.47 Å². The molecule has 3 aromatic rings. The molecule has 0 saturated carbocycles. The number of hydrogen-bond acceptors (Lipinski definition) is 6. The Morgan fingerprint density at radius 3 is 2.55 bits per heavy atom. The maximum atomic E-state index is 12.1. The van der Waals surface area contributed by atoms with Gasteiger partial charge in [0.1, 0.15) is 18.9 Å². The van der Waals surface area contributed by atoms with Crippen LogP contribution in [0.3, 0.4) is 0 Å². The van der Waals surface area contributed by atoms with Crippen molar-refractivity contribution in [3.05, 3.63) is 82.7 Å². The van der Waals surface area contributed by atoms with Crippen LogP contribution in [0.15, 0.2) is 59.7 Å². The number of rotatable bonds is 8. The number of methoxy groups -OCH3 is 1. The fourth-order valence-electron chi connectivity index (χ4n) is 2.91. The summed E-state index contributed by atoms with van der Waals surface area (Å²) < 4.78 is 12.2. The molecule has 0 aliphatic heterocycles. The van der Waals surface area contributed by atoms with Gasteiger partial charge in [0, 0.05) is 11.3 Å². The van der Waals surface area contributed by atoms with E-state index in [9.17, 15) is 9.59 Å².